The normalized spacial score (nSPS) is 18.3. The van der Waals surface area contributed by atoms with E-state index in [1.165, 1.54) is 5.56 Å². The maximum absolute atomic E-state index is 12.6. The molecule has 1 amide bonds. The van der Waals surface area contributed by atoms with Gasteiger partial charge < -0.3 is 10.6 Å². The number of piperidine rings is 1. The number of hydrogen-bond donors (Lipinski definition) is 1. The van der Waals surface area contributed by atoms with Crippen molar-refractivity contribution in [2.24, 2.45) is 5.73 Å². The van der Waals surface area contributed by atoms with Gasteiger partial charge in [0.2, 0.25) is 0 Å². The lowest BCUT2D eigenvalue weighted by Crippen LogP contribution is -2.45. The number of pyridine rings is 1. The van der Waals surface area contributed by atoms with Gasteiger partial charge >= 0.3 is 0 Å². The molecule has 1 aliphatic heterocycles. The third-order valence-corrected chi connectivity index (χ3v) is 4.12. The number of benzene rings is 1. The van der Waals surface area contributed by atoms with Gasteiger partial charge in [0.15, 0.2) is 0 Å². The minimum absolute atomic E-state index is 0.0246. The molecule has 1 saturated heterocycles. The van der Waals surface area contributed by atoms with Crippen LogP contribution in [0.1, 0.15) is 28.8 Å². The highest BCUT2D eigenvalue weighted by molar-refractivity contribution is 5.95. The molecule has 1 unspecified atom stereocenters. The van der Waals surface area contributed by atoms with Crippen LogP contribution in [0, 0.1) is 6.92 Å². The van der Waals surface area contributed by atoms with Gasteiger partial charge in [-0.3, -0.25) is 9.78 Å². The van der Waals surface area contributed by atoms with Crippen LogP contribution in [0.2, 0.25) is 0 Å². The fourth-order valence-electron chi connectivity index (χ4n) is 2.84. The minimum Gasteiger partial charge on any atom is -0.337 e. The molecular weight excluding hydrogens is 274 g/mol. The summed E-state index contributed by atoms with van der Waals surface area (Å²) in [6.45, 7) is 3.47. The highest BCUT2D eigenvalue weighted by Crippen LogP contribution is 2.21. The van der Waals surface area contributed by atoms with Crippen LogP contribution in [0.4, 0.5) is 0 Å². The number of rotatable bonds is 2. The van der Waals surface area contributed by atoms with Gasteiger partial charge in [-0.25, -0.2) is 0 Å². The average molecular weight is 295 g/mol. The van der Waals surface area contributed by atoms with Crippen molar-refractivity contribution < 1.29 is 4.79 Å². The predicted molar refractivity (Wildman–Crippen MR) is 87.5 cm³/mol. The molecule has 2 heterocycles. The van der Waals surface area contributed by atoms with Crippen molar-refractivity contribution in [2.75, 3.05) is 13.1 Å². The number of amides is 1. The van der Waals surface area contributed by atoms with Gasteiger partial charge in [0.25, 0.3) is 5.91 Å². The zero-order chi connectivity index (χ0) is 15.5. The second kappa shape index (κ2) is 6.28. The van der Waals surface area contributed by atoms with Crippen molar-refractivity contribution in [3.8, 4) is 11.1 Å². The van der Waals surface area contributed by atoms with Gasteiger partial charge in [0.05, 0.1) is 5.56 Å². The van der Waals surface area contributed by atoms with E-state index >= 15 is 0 Å². The summed E-state index contributed by atoms with van der Waals surface area (Å²) in [4.78, 5) is 18.7. The molecule has 1 fully saturated rings. The Morgan fingerprint density at radius 3 is 2.73 bits per heavy atom. The van der Waals surface area contributed by atoms with Crippen molar-refractivity contribution in [2.45, 2.75) is 25.8 Å². The van der Waals surface area contributed by atoms with E-state index < -0.39 is 0 Å². The van der Waals surface area contributed by atoms with Crippen molar-refractivity contribution in [3.05, 3.63) is 53.9 Å². The Labute approximate surface area is 131 Å². The second-order valence-electron chi connectivity index (χ2n) is 5.98. The molecule has 0 radical (unpaired) electrons. The highest BCUT2D eigenvalue weighted by atomic mass is 16.2. The fraction of sp³-hybridized carbons (Fsp3) is 0.333. The second-order valence-corrected chi connectivity index (χ2v) is 5.98. The molecule has 1 atom stereocenters. The lowest BCUT2D eigenvalue weighted by molar-refractivity contribution is 0.0708. The third kappa shape index (κ3) is 3.17. The SMILES string of the molecule is Cc1ccc(-c2cncc(C(=O)N3CCCC(N)C3)c2)cc1. The van der Waals surface area contributed by atoms with E-state index in [1.807, 2.05) is 11.0 Å². The van der Waals surface area contributed by atoms with E-state index in [9.17, 15) is 4.79 Å². The van der Waals surface area contributed by atoms with Gasteiger partial charge in [-0.1, -0.05) is 29.8 Å². The van der Waals surface area contributed by atoms with E-state index in [0.717, 1.165) is 30.5 Å². The van der Waals surface area contributed by atoms with E-state index in [0.29, 0.717) is 12.1 Å². The van der Waals surface area contributed by atoms with Crippen molar-refractivity contribution in [1.29, 1.82) is 0 Å². The smallest absolute Gasteiger partial charge is 0.255 e. The summed E-state index contributed by atoms with van der Waals surface area (Å²) in [5.41, 5.74) is 9.85. The Balaban J connectivity index is 1.84. The minimum atomic E-state index is 0.0246. The monoisotopic (exact) mass is 295 g/mol. The molecule has 1 aromatic heterocycles. The van der Waals surface area contributed by atoms with Crippen LogP contribution in [0.5, 0.6) is 0 Å². The number of hydrogen-bond acceptors (Lipinski definition) is 3. The van der Waals surface area contributed by atoms with Gasteiger partial charge in [0, 0.05) is 37.1 Å². The zero-order valence-corrected chi connectivity index (χ0v) is 12.8. The van der Waals surface area contributed by atoms with Crippen molar-refractivity contribution >= 4 is 5.91 Å². The molecule has 2 aromatic rings. The van der Waals surface area contributed by atoms with Gasteiger partial charge in [-0.15, -0.1) is 0 Å². The molecule has 3 rings (SSSR count). The largest absolute Gasteiger partial charge is 0.337 e. The first-order valence-electron chi connectivity index (χ1n) is 7.70. The van der Waals surface area contributed by atoms with Gasteiger partial charge in [-0.05, 0) is 31.4 Å². The molecule has 0 spiro atoms. The molecule has 0 saturated carbocycles. The molecule has 0 aliphatic carbocycles. The van der Waals surface area contributed by atoms with Crippen LogP contribution < -0.4 is 5.73 Å². The first kappa shape index (κ1) is 14.7. The quantitative estimate of drug-likeness (QED) is 0.926. The van der Waals surface area contributed by atoms with Gasteiger partial charge in [0.1, 0.15) is 0 Å². The number of nitrogens with zero attached hydrogens (tertiary/aromatic N) is 2. The maximum atomic E-state index is 12.6. The van der Waals surface area contributed by atoms with Crippen LogP contribution in [0.15, 0.2) is 42.7 Å². The molecule has 22 heavy (non-hydrogen) atoms. The summed E-state index contributed by atoms with van der Waals surface area (Å²) >= 11 is 0. The van der Waals surface area contributed by atoms with Crippen molar-refractivity contribution in [3.63, 3.8) is 0 Å². The molecule has 1 aliphatic rings. The topological polar surface area (TPSA) is 59.2 Å². The summed E-state index contributed by atoms with van der Waals surface area (Å²) in [6.07, 6.45) is 5.40. The van der Waals surface area contributed by atoms with Crippen LogP contribution in [0.3, 0.4) is 0 Å². The van der Waals surface area contributed by atoms with E-state index in [-0.39, 0.29) is 11.9 Å². The molecule has 0 bridgehead atoms. The molecule has 4 nitrogen and oxygen atoms in total. The summed E-state index contributed by atoms with van der Waals surface area (Å²) in [5, 5.41) is 0. The molecule has 2 N–H and O–H groups in total. The Morgan fingerprint density at radius 1 is 1.23 bits per heavy atom. The Hall–Kier alpha value is -2.20. The Bertz CT molecular complexity index is 666. The molecular formula is C18H21N3O. The number of nitrogens with two attached hydrogens (primary N) is 1. The number of carbonyl (C=O) groups excluding carboxylic acids is 1. The van der Waals surface area contributed by atoms with Crippen LogP contribution in [-0.4, -0.2) is 34.9 Å². The first-order valence-corrected chi connectivity index (χ1v) is 7.70. The summed E-state index contributed by atoms with van der Waals surface area (Å²) in [7, 11) is 0. The van der Waals surface area contributed by atoms with E-state index in [2.05, 4.69) is 36.2 Å². The molecule has 4 heteroatoms. The van der Waals surface area contributed by atoms with Crippen LogP contribution in [0.25, 0.3) is 11.1 Å². The zero-order valence-electron chi connectivity index (χ0n) is 12.8. The van der Waals surface area contributed by atoms with Crippen LogP contribution >= 0.6 is 0 Å². The summed E-state index contributed by atoms with van der Waals surface area (Å²) < 4.78 is 0. The predicted octanol–water partition coefficient (Wildman–Crippen LogP) is 2.62. The lowest BCUT2D eigenvalue weighted by Gasteiger charge is -2.30. The average Bonchev–Trinajstić information content (AvgIpc) is 2.55. The number of carbonyl (C=O) groups is 1. The van der Waals surface area contributed by atoms with Crippen molar-refractivity contribution in [1.82, 2.24) is 9.88 Å². The Morgan fingerprint density at radius 2 is 2.00 bits per heavy atom. The third-order valence-electron chi connectivity index (χ3n) is 4.12. The van der Waals surface area contributed by atoms with Gasteiger partial charge in [-0.2, -0.15) is 0 Å². The Kier molecular flexibility index (Phi) is 4.20. The summed E-state index contributed by atoms with van der Waals surface area (Å²) in [6, 6.07) is 10.2. The maximum Gasteiger partial charge on any atom is 0.255 e. The number of aryl methyl sites for hydroxylation is 1. The molecule has 114 valence electrons. The van der Waals surface area contributed by atoms with E-state index in [4.69, 9.17) is 5.73 Å². The van der Waals surface area contributed by atoms with Crippen LogP contribution in [-0.2, 0) is 0 Å². The standard InChI is InChI=1S/C18H21N3O/c1-13-4-6-14(7-5-13)15-9-16(11-20-10-15)18(22)21-8-2-3-17(19)12-21/h4-7,9-11,17H,2-3,8,12,19H2,1H3. The molecule has 1 aromatic carbocycles. The first-order chi connectivity index (χ1) is 10.6. The number of aromatic nitrogens is 1. The highest BCUT2D eigenvalue weighted by Gasteiger charge is 2.22. The van der Waals surface area contributed by atoms with E-state index in [1.54, 1.807) is 12.4 Å². The lowest BCUT2D eigenvalue weighted by atomic mass is 10.0. The number of likely N-dealkylation sites (tertiary alicyclic amines) is 1. The fourth-order valence-corrected chi connectivity index (χ4v) is 2.84. The summed E-state index contributed by atoms with van der Waals surface area (Å²) in [5.74, 6) is 0.0246.